The van der Waals surface area contributed by atoms with Crippen molar-refractivity contribution in [2.45, 2.75) is 18.8 Å². The van der Waals surface area contributed by atoms with E-state index in [1.807, 2.05) is 18.2 Å². The average Bonchev–Trinajstić information content (AvgIpc) is 3.05. The van der Waals surface area contributed by atoms with E-state index in [1.165, 1.54) is 0 Å². The zero-order chi connectivity index (χ0) is 17.2. The van der Waals surface area contributed by atoms with Crippen LogP contribution in [0.3, 0.4) is 0 Å². The highest BCUT2D eigenvalue weighted by molar-refractivity contribution is 6.05. The van der Waals surface area contributed by atoms with Crippen LogP contribution in [-0.4, -0.2) is 33.6 Å². The Morgan fingerprint density at radius 3 is 2.65 bits per heavy atom. The van der Waals surface area contributed by atoms with E-state index in [2.05, 4.69) is 20.7 Å². The number of nitrogens with one attached hydrogen (secondary N) is 3. The van der Waals surface area contributed by atoms with E-state index in [-0.39, 0.29) is 29.8 Å². The van der Waals surface area contributed by atoms with Crippen LogP contribution in [0, 0.1) is 0 Å². The number of halogens is 1. The Bertz CT molecular complexity index is 961. The van der Waals surface area contributed by atoms with E-state index in [0.29, 0.717) is 16.9 Å². The van der Waals surface area contributed by atoms with Gasteiger partial charge in [0.05, 0.1) is 11.9 Å². The van der Waals surface area contributed by atoms with Crippen LogP contribution in [0.25, 0.3) is 5.65 Å². The predicted octanol–water partition coefficient (Wildman–Crippen LogP) is 2.16. The number of anilines is 1. The van der Waals surface area contributed by atoms with Crippen LogP contribution in [-0.2, 0) is 0 Å². The lowest BCUT2D eigenvalue weighted by Crippen LogP contribution is -2.28. The summed E-state index contributed by atoms with van der Waals surface area (Å²) in [5.41, 5.74) is 2.28. The molecular formula is C18H20ClN5O2. The molecule has 8 heteroatoms. The fourth-order valence-electron chi connectivity index (χ4n) is 3.30. The van der Waals surface area contributed by atoms with Crippen molar-refractivity contribution in [3.05, 3.63) is 64.2 Å². The van der Waals surface area contributed by atoms with Crippen molar-refractivity contribution in [1.29, 1.82) is 0 Å². The van der Waals surface area contributed by atoms with Gasteiger partial charge in [-0.1, -0.05) is 18.2 Å². The largest absolute Gasteiger partial charge is 0.317 e. The number of rotatable bonds is 3. The second-order valence-corrected chi connectivity index (χ2v) is 6.22. The Balaban J connectivity index is 0.00000196. The van der Waals surface area contributed by atoms with Crippen LogP contribution in [0.15, 0.2) is 47.4 Å². The summed E-state index contributed by atoms with van der Waals surface area (Å²) in [5, 5.41) is 10.6. The van der Waals surface area contributed by atoms with Crippen molar-refractivity contribution < 1.29 is 4.79 Å². The molecule has 0 radical (unpaired) electrons. The summed E-state index contributed by atoms with van der Waals surface area (Å²) >= 11 is 0. The maximum absolute atomic E-state index is 12.4. The number of aromatic amines is 1. The molecular weight excluding hydrogens is 354 g/mol. The molecule has 0 spiro atoms. The van der Waals surface area contributed by atoms with Crippen LogP contribution < -0.4 is 16.2 Å². The van der Waals surface area contributed by atoms with Gasteiger partial charge < -0.3 is 15.6 Å². The highest BCUT2D eigenvalue weighted by atomic mass is 35.5. The van der Waals surface area contributed by atoms with Crippen LogP contribution in [0.5, 0.6) is 0 Å². The van der Waals surface area contributed by atoms with E-state index >= 15 is 0 Å². The minimum atomic E-state index is -0.233. The van der Waals surface area contributed by atoms with E-state index in [0.717, 1.165) is 31.6 Å². The average molecular weight is 374 g/mol. The molecule has 1 aromatic carbocycles. The third-order valence-corrected chi connectivity index (χ3v) is 4.58. The zero-order valence-corrected chi connectivity index (χ0v) is 14.9. The zero-order valence-electron chi connectivity index (χ0n) is 14.1. The first kappa shape index (κ1) is 18.2. The lowest BCUT2D eigenvalue weighted by atomic mass is 9.94. The number of amides is 1. The number of fused-ring (bicyclic) bond motifs is 1. The van der Waals surface area contributed by atoms with Gasteiger partial charge in [0, 0.05) is 17.5 Å². The van der Waals surface area contributed by atoms with Gasteiger partial charge in [0.25, 0.3) is 11.5 Å². The Kier molecular flexibility index (Phi) is 5.39. The fourth-order valence-corrected chi connectivity index (χ4v) is 3.30. The van der Waals surface area contributed by atoms with Gasteiger partial charge in [-0.25, -0.2) is 4.52 Å². The summed E-state index contributed by atoms with van der Waals surface area (Å²) in [6.07, 6.45) is 3.50. The van der Waals surface area contributed by atoms with Crippen molar-refractivity contribution in [1.82, 2.24) is 19.9 Å². The summed E-state index contributed by atoms with van der Waals surface area (Å²) in [6.45, 7) is 1.86. The molecule has 136 valence electrons. The maximum atomic E-state index is 12.4. The monoisotopic (exact) mass is 373 g/mol. The van der Waals surface area contributed by atoms with Gasteiger partial charge in [0.2, 0.25) is 0 Å². The number of carbonyl (C=O) groups is 1. The minimum Gasteiger partial charge on any atom is -0.317 e. The van der Waals surface area contributed by atoms with E-state index in [4.69, 9.17) is 0 Å². The van der Waals surface area contributed by atoms with Gasteiger partial charge in [0.1, 0.15) is 5.69 Å². The summed E-state index contributed by atoms with van der Waals surface area (Å²) in [7, 11) is 0. The SMILES string of the molecule is Cl.O=C(Nc1cnn2c(C3CCNCC3)cc(=O)[nH]c12)c1ccccc1. The van der Waals surface area contributed by atoms with Gasteiger partial charge >= 0.3 is 0 Å². The molecule has 2 aromatic heterocycles. The van der Waals surface area contributed by atoms with Gasteiger partial charge in [-0.2, -0.15) is 5.10 Å². The van der Waals surface area contributed by atoms with Crippen molar-refractivity contribution >= 4 is 29.6 Å². The molecule has 1 fully saturated rings. The van der Waals surface area contributed by atoms with Crippen molar-refractivity contribution in [2.24, 2.45) is 0 Å². The lowest BCUT2D eigenvalue weighted by molar-refractivity contribution is 0.102. The summed E-state index contributed by atoms with van der Waals surface area (Å²) in [4.78, 5) is 27.3. The van der Waals surface area contributed by atoms with Gasteiger partial charge in [0.15, 0.2) is 5.65 Å². The fraction of sp³-hybridized carbons (Fsp3) is 0.278. The highest BCUT2D eigenvalue weighted by Gasteiger charge is 2.21. The number of carbonyl (C=O) groups excluding carboxylic acids is 1. The number of aromatic nitrogens is 3. The first-order valence-corrected chi connectivity index (χ1v) is 8.40. The van der Waals surface area contributed by atoms with Gasteiger partial charge in [-0.05, 0) is 38.1 Å². The summed E-state index contributed by atoms with van der Waals surface area (Å²) < 4.78 is 1.73. The van der Waals surface area contributed by atoms with E-state index < -0.39 is 0 Å². The first-order chi connectivity index (χ1) is 12.2. The molecule has 0 atom stereocenters. The summed E-state index contributed by atoms with van der Waals surface area (Å²) in [5.74, 6) is 0.0484. The van der Waals surface area contributed by atoms with Crippen LogP contribution in [0.1, 0.15) is 34.8 Å². The number of H-pyrrole nitrogens is 1. The van der Waals surface area contributed by atoms with Gasteiger partial charge in [-0.3, -0.25) is 9.59 Å². The molecule has 0 unspecified atom stereocenters. The Hall–Kier alpha value is -2.64. The molecule has 4 rings (SSSR count). The van der Waals surface area contributed by atoms with E-state index in [9.17, 15) is 9.59 Å². The quantitative estimate of drug-likeness (QED) is 0.656. The number of hydrogen-bond acceptors (Lipinski definition) is 4. The minimum absolute atomic E-state index is 0. The highest BCUT2D eigenvalue weighted by Crippen LogP contribution is 2.26. The number of hydrogen-bond donors (Lipinski definition) is 3. The molecule has 3 aromatic rings. The predicted molar refractivity (Wildman–Crippen MR) is 102 cm³/mol. The second kappa shape index (κ2) is 7.72. The molecule has 7 nitrogen and oxygen atoms in total. The normalized spacial score (nSPS) is 14.8. The topological polar surface area (TPSA) is 91.3 Å². The number of piperidine rings is 1. The number of nitrogens with zero attached hydrogens (tertiary/aromatic N) is 2. The van der Waals surface area contributed by atoms with Crippen LogP contribution in [0.4, 0.5) is 5.69 Å². The molecule has 3 N–H and O–H groups in total. The molecule has 1 amide bonds. The Labute approximate surface area is 156 Å². The van der Waals surface area contributed by atoms with Crippen LogP contribution in [0.2, 0.25) is 0 Å². The molecule has 26 heavy (non-hydrogen) atoms. The third-order valence-electron chi connectivity index (χ3n) is 4.58. The molecule has 0 bridgehead atoms. The van der Waals surface area contributed by atoms with Crippen LogP contribution >= 0.6 is 12.4 Å². The first-order valence-electron chi connectivity index (χ1n) is 8.40. The smallest absolute Gasteiger partial charge is 0.255 e. The number of benzene rings is 1. The summed E-state index contributed by atoms with van der Waals surface area (Å²) in [6, 6.07) is 10.6. The molecule has 0 saturated carbocycles. The Morgan fingerprint density at radius 1 is 1.19 bits per heavy atom. The molecule has 0 aliphatic carbocycles. The molecule has 1 aliphatic heterocycles. The van der Waals surface area contributed by atoms with Crippen molar-refractivity contribution in [2.75, 3.05) is 18.4 Å². The third kappa shape index (κ3) is 3.49. The Morgan fingerprint density at radius 2 is 1.92 bits per heavy atom. The van der Waals surface area contributed by atoms with Crippen molar-refractivity contribution in [3.63, 3.8) is 0 Å². The maximum Gasteiger partial charge on any atom is 0.255 e. The van der Waals surface area contributed by atoms with E-state index in [1.54, 1.807) is 28.9 Å². The second-order valence-electron chi connectivity index (χ2n) is 6.22. The standard InChI is InChI=1S/C18H19N5O2.ClH/c24-16-10-15(12-6-8-19-9-7-12)23-17(22-16)14(11-20-23)21-18(25)13-4-2-1-3-5-13;/h1-5,10-12,19H,6-9H2,(H,21,25)(H,22,24);1H. The molecule has 1 saturated heterocycles. The lowest BCUT2D eigenvalue weighted by Gasteiger charge is -2.23. The van der Waals surface area contributed by atoms with Gasteiger partial charge in [-0.15, -0.1) is 12.4 Å². The van der Waals surface area contributed by atoms with Crippen molar-refractivity contribution in [3.8, 4) is 0 Å². The molecule has 3 heterocycles. The molecule has 1 aliphatic rings.